The van der Waals surface area contributed by atoms with E-state index in [1.807, 2.05) is 0 Å². The van der Waals surface area contributed by atoms with Crippen LogP contribution in [0.4, 0.5) is 4.39 Å². The number of hydrogen-bond donors (Lipinski definition) is 2. The van der Waals surface area contributed by atoms with Gasteiger partial charge < -0.3 is 15.1 Å². The maximum atomic E-state index is 13.6. The van der Waals surface area contributed by atoms with E-state index >= 15 is 0 Å². The number of aromatic hydroxyl groups is 1. The molecule has 0 heterocycles. The first-order valence-electron chi connectivity index (χ1n) is 5.87. The van der Waals surface area contributed by atoms with Gasteiger partial charge in [0.2, 0.25) is 0 Å². The van der Waals surface area contributed by atoms with E-state index in [1.165, 1.54) is 24.0 Å². The van der Waals surface area contributed by atoms with Crippen molar-refractivity contribution in [3.8, 4) is 5.75 Å². The van der Waals surface area contributed by atoms with Crippen molar-refractivity contribution in [2.45, 2.75) is 13.8 Å². The second-order valence-corrected chi connectivity index (χ2v) is 4.25. The number of halogens is 1. The van der Waals surface area contributed by atoms with E-state index in [2.05, 4.69) is 0 Å². The minimum absolute atomic E-state index is 0.00494. The van der Waals surface area contributed by atoms with Crippen LogP contribution in [0.25, 0.3) is 0 Å². The van der Waals surface area contributed by atoms with Crippen molar-refractivity contribution in [2.24, 2.45) is 5.92 Å². The molecule has 0 aliphatic rings. The molecule has 104 valence electrons. The van der Waals surface area contributed by atoms with Gasteiger partial charge in [-0.15, -0.1) is 0 Å². The summed E-state index contributed by atoms with van der Waals surface area (Å²) in [6.07, 6.45) is 0. The average molecular weight is 269 g/mol. The van der Waals surface area contributed by atoms with Crippen LogP contribution < -0.4 is 0 Å². The van der Waals surface area contributed by atoms with Gasteiger partial charge in [-0.2, -0.15) is 0 Å². The second-order valence-electron chi connectivity index (χ2n) is 4.25. The molecule has 0 aliphatic heterocycles. The van der Waals surface area contributed by atoms with Crippen molar-refractivity contribution in [1.29, 1.82) is 0 Å². The zero-order valence-electron chi connectivity index (χ0n) is 10.8. The van der Waals surface area contributed by atoms with Gasteiger partial charge in [0.15, 0.2) is 0 Å². The van der Waals surface area contributed by atoms with Crippen molar-refractivity contribution in [2.75, 3.05) is 13.1 Å². The SMILES string of the molecule is CCN(CC(C)C(=O)O)C(=O)c1ccc(O)cc1F. The van der Waals surface area contributed by atoms with Crippen LogP contribution in [-0.4, -0.2) is 40.1 Å². The van der Waals surface area contributed by atoms with Crippen LogP contribution >= 0.6 is 0 Å². The Bertz CT molecular complexity index is 490. The highest BCUT2D eigenvalue weighted by Crippen LogP contribution is 2.17. The van der Waals surface area contributed by atoms with Crippen LogP contribution in [0.5, 0.6) is 5.75 Å². The predicted octanol–water partition coefficient (Wildman–Crippen LogP) is 1.71. The topological polar surface area (TPSA) is 77.8 Å². The highest BCUT2D eigenvalue weighted by atomic mass is 19.1. The normalized spacial score (nSPS) is 11.9. The first-order chi connectivity index (χ1) is 8.86. The number of nitrogens with zero attached hydrogens (tertiary/aromatic N) is 1. The van der Waals surface area contributed by atoms with Gasteiger partial charge in [0.05, 0.1) is 11.5 Å². The van der Waals surface area contributed by atoms with Crippen LogP contribution in [0, 0.1) is 11.7 Å². The molecule has 2 N–H and O–H groups in total. The summed E-state index contributed by atoms with van der Waals surface area (Å²) in [4.78, 5) is 24.1. The molecule has 1 aromatic rings. The van der Waals surface area contributed by atoms with Crippen molar-refractivity contribution in [3.63, 3.8) is 0 Å². The number of rotatable bonds is 5. The fraction of sp³-hybridized carbons (Fsp3) is 0.385. The monoisotopic (exact) mass is 269 g/mol. The quantitative estimate of drug-likeness (QED) is 0.853. The maximum Gasteiger partial charge on any atom is 0.308 e. The Morgan fingerprint density at radius 3 is 2.53 bits per heavy atom. The van der Waals surface area contributed by atoms with Crippen molar-refractivity contribution < 1.29 is 24.2 Å². The molecule has 1 amide bonds. The lowest BCUT2D eigenvalue weighted by atomic mass is 10.1. The lowest BCUT2D eigenvalue weighted by Crippen LogP contribution is -2.37. The summed E-state index contributed by atoms with van der Waals surface area (Å²) < 4.78 is 13.6. The van der Waals surface area contributed by atoms with Gasteiger partial charge in [0.1, 0.15) is 11.6 Å². The smallest absolute Gasteiger partial charge is 0.308 e. The summed E-state index contributed by atoms with van der Waals surface area (Å²) in [5, 5.41) is 17.9. The summed E-state index contributed by atoms with van der Waals surface area (Å²) in [6, 6.07) is 3.24. The number of hydrogen-bond acceptors (Lipinski definition) is 3. The van der Waals surface area contributed by atoms with Gasteiger partial charge in [-0.05, 0) is 19.1 Å². The van der Waals surface area contributed by atoms with Gasteiger partial charge in [0, 0.05) is 19.2 Å². The molecule has 0 radical (unpaired) electrons. The summed E-state index contributed by atoms with van der Waals surface area (Å²) in [5.74, 6) is -3.43. The van der Waals surface area contributed by atoms with Crippen LogP contribution in [-0.2, 0) is 4.79 Å². The van der Waals surface area contributed by atoms with Gasteiger partial charge >= 0.3 is 5.97 Å². The zero-order valence-corrected chi connectivity index (χ0v) is 10.8. The molecule has 0 aliphatic carbocycles. The summed E-state index contributed by atoms with van der Waals surface area (Å²) in [5.41, 5.74) is -0.183. The highest BCUT2D eigenvalue weighted by Gasteiger charge is 2.22. The molecule has 6 heteroatoms. The molecule has 0 fully saturated rings. The summed E-state index contributed by atoms with van der Waals surface area (Å²) in [6.45, 7) is 3.44. The van der Waals surface area contributed by atoms with Crippen molar-refractivity contribution in [1.82, 2.24) is 4.90 Å². The Balaban J connectivity index is 2.92. The van der Waals surface area contributed by atoms with Gasteiger partial charge in [-0.1, -0.05) is 6.92 Å². The number of carbonyl (C=O) groups is 2. The molecule has 19 heavy (non-hydrogen) atoms. The molecule has 5 nitrogen and oxygen atoms in total. The third kappa shape index (κ3) is 3.67. The predicted molar refractivity (Wildman–Crippen MR) is 66.4 cm³/mol. The number of phenolic OH excluding ortho intramolecular Hbond substituents is 1. The Morgan fingerprint density at radius 1 is 1.42 bits per heavy atom. The van der Waals surface area contributed by atoms with Gasteiger partial charge in [-0.3, -0.25) is 9.59 Å². The molecule has 1 unspecified atom stereocenters. The molecule has 0 saturated heterocycles. The zero-order chi connectivity index (χ0) is 14.6. The van der Waals surface area contributed by atoms with Crippen molar-refractivity contribution in [3.05, 3.63) is 29.6 Å². The molecule has 1 rings (SSSR count). The number of amides is 1. The summed E-state index contributed by atoms with van der Waals surface area (Å²) in [7, 11) is 0. The lowest BCUT2D eigenvalue weighted by molar-refractivity contribution is -0.141. The first-order valence-corrected chi connectivity index (χ1v) is 5.87. The van der Waals surface area contributed by atoms with Crippen molar-refractivity contribution >= 4 is 11.9 Å². The van der Waals surface area contributed by atoms with Crippen LogP contribution in [0.3, 0.4) is 0 Å². The van der Waals surface area contributed by atoms with E-state index in [-0.39, 0.29) is 24.4 Å². The minimum Gasteiger partial charge on any atom is -0.508 e. The summed E-state index contributed by atoms with van der Waals surface area (Å²) >= 11 is 0. The third-order valence-corrected chi connectivity index (χ3v) is 2.77. The number of carboxylic acid groups (broad SMARTS) is 1. The number of phenols is 1. The molecule has 1 atom stereocenters. The minimum atomic E-state index is -1.02. The Hall–Kier alpha value is -2.11. The van der Waals surface area contributed by atoms with Gasteiger partial charge in [0.25, 0.3) is 5.91 Å². The van der Waals surface area contributed by atoms with E-state index in [0.29, 0.717) is 0 Å². The molecule has 1 aromatic carbocycles. The first kappa shape index (κ1) is 14.9. The highest BCUT2D eigenvalue weighted by molar-refractivity contribution is 5.94. The third-order valence-electron chi connectivity index (χ3n) is 2.77. The maximum absolute atomic E-state index is 13.6. The Kier molecular flexibility index (Phi) is 4.86. The van der Waals surface area contributed by atoms with Crippen LogP contribution in [0.2, 0.25) is 0 Å². The number of carbonyl (C=O) groups excluding carboxylic acids is 1. The van der Waals surface area contributed by atoms with Crippen LogP contribution in [0.15, 0.2) is 18.2 Å². The molecular weight excluding hydrogens is 253 g/mol. The van der Waals surface area contributed by atoms with E-state index in [9.17, 15) is 14.0 Å². The number of benzene rings is 1. The van der Waals surface area contributed by atoms with E-state index in [1.54, 1.807) is 6.92 Å². The Labute approximate surface area is 110 Å². The van der Waals surface area contributed by atoms with E-state index in [0.717, 1.165) is 6.07 Å². The fourth-order valence-electron chi connectivity index (χ4n) is 1.61. The number of carboxylic acids is 1. The largest absolute Gasteiger partial charge is 0.508 e. The molecule has 0 bridgehead atoms. The molecule has 0 aromatic heterocycles. The van der Waals surface area contributed by atoms with E-state index in [4.69, 9.17) is 10.2 Å². The molecular formula is C13H16FNO4. The van der Waals surface area contributed by atoms with Gasteiger partial charge in [-0.25, -0.2) is 4.39 Å². The second kappa shape index (κ2) is 6.17. The number of aliphatic carboxylic acids is 1. The molecule has 0 saturated carbocycles. The fourth-order valence-corrected chi connectivity index (χ4v) is 1.61. The average Bonchev–Trinajstić information content (AvgIpc) is 2.34. The van der Waals surface area contributed by atoms with E-state index < -0.39 is 23.6 Å². The molecule has 0 spiro atoms. The standard InChI is InChI=1S/C13H16FNO4/c1-3-15(7-8(2)13(18)19)12(17)10-5-4-9(16)6-11(10)14/h4-6,8,16H,3,7H2,1-2H3,(H,18,19). The Morgan fingerprint density at radius 2 is 2.05 bits per heavy atom. The lowest BCUT2D eigenvalue weighted by Gasteiger charge is -2.23. The van der Waals surface area contributed by atoms with Crippen LogP contribution in [0.1, 0.15) is 24.2 Å².